The molecule has 0 heterocycles. The van der Waals surface area contributed by atoms with Crippen LogP contribution in [0.2, 0.25) is 0 Å². The number of methoxy groups -OCH3 is 1. The highest BCUT2D eigenvalue weighted by atomic mass is 16.5. The minimum absolute atomic E-state index is 0.0485. The van der Waals surface area contributed by atoms with Crippen LogP contribution in [-0.4, -0.2) is 24.7 Å². The summed E-state index contributed by atoms with van der Waals surface area (Å²) in [5, 5.41) is 12.4. The Morgan fingerprint density at radius 2 is 2.31 bits per heavy atom. The molecule has 1 aromatic rings. The highest BCUT2D eigenvalue weighted by molar-refractivity contribution is 5.97. The van der Waals surface area contributed by atoms with E-state index in [2.05, 4.69) is 5.32 Å². The van der Waals surface area contributed by atoms with Gasteiger partial charge in [0, 0.05) is 12.6 Å². The third-order valence-corrected chi connectivity index (χ3v) is 2.70. The van der Waals surface area contributed by atoms with E-state index in [1.165, 1.54) is 26.0 Å². The Labute approximate surface area is 94.2 Å². The van der Waals surface area contributed by atoms with Crippen LogP contribution in [0.4, 0.5) is 0 Å². The largest absolute Gasteiger partial charge is 0.507 e. The number of hydrogen-bond acceptors (Lipinski definition) is 3. The summed E-state index contributed by atoms with van der Waals surface area (Å²) in [6, 6.07) is 4.66. The van der Waals surface area contributed by atoms with E-state index >= 15 is 0 Å². The molecule has 86 valence electrons. The first kappa shape index (κ1) is 10.8. The van der Waals surface area contributed by atoms with Gasteiger partial charge in [-0.25, -0.2) is 0 Å². The second-order valence-corrected chi connectivity index (χ2v) is 4.04. The van der Waals surface area contributed by atoms with E-state index in [0.29, 0.717) is 23.8 Å². The van der Waals surface area contributed by atoms with Crippen molar-refractivity contribution in [2.75, 3.05) is 13.7 Å². The summed E-state index contributed by atoms with van der Waals surface area (Å²) in [7, 11) is 1.52. The van der Waals surface area contributed by atoms with Crippen LogP contribution < -0.4 is 10.1 Å². The number of phenols is 1. The van der Waals surface area contributed by atoms with Gasteiger partial charge >= 0.3 is 0 Å². The molecule has 0 aliphatic heterocycles. The van der Waals surface area contributed by atoms with E-state index < -0.39 is 0 Å². The highest BCUT2D eigenvalue weighted by Gasteiger charge is 2.22. The van der Waals surface area contributed by atoms with Gasteiger partial charge in [-0.1, -0.05) is 0 Å². The van der Waals surface area contributed by atoms with Gasteiger partial charge in [0.05, 0.1) is 12.7 Å². The van der Waals surface area contributed by atoms with Gasteiger partial charge in [0.2, 0.25) is 0 Å². The van der Waals surface area contributed by atoms with Gasteiger partial charge in [0.15, 0.2) is 0 Å². The van der Waals surface area contributed by atoms with Crippen LogP contribution in [0.25, 0.3) is 0 Å². The molecule has 1 saturated carbocycles. The Morgan fingerprint density at radius 1 is 1.56 bits per heavy atom. The van der Waals surface area contributed by atoms with Crippen LogP contribution in [0.1, 0.15) is 23.2 Å². The number of rotatable bonds is 4. The lowest BCUT2D eigenvalue weighted by Crippen LogP contribution is -2.25. The number of benzene rings is 1. The predicted octanol–water partition coefficient (Wildman–Crippen LogP) is 1.54. The van der Waals surface area contributed by atoms with Crippen molar-refractivity contribution in [1.29, 1.82) is 0 Å². The molecule has 1 amide bonds. The Kier molecular flexibility index (Phi) is 2.99. The highest BCUT2D eigenvalue weighted by Crippen LogP contribution is 2.28. The summed E-state index contributed by atoms with van der Waals surface area (Å²) >= 11 is 0. The first-order valence-electron chi connectivity index (χ1n) is 5.36. The minimum atomic E-state index is -0.230. The van der Waals surface area contributed by atoms with E-state index in [0.717, 1.165) is 0 Å². The van der Waals surface area contributed by atoms with Gasteiger partial charge in [-0.05, 0) is 30.9 Å². The standard InChI is InChI=1S/C12H15NO3/c1-16-9-4-5-10(11(14)6-9)12(15)13-7-8-2-3-8/h4-6,8,14H,2-3,7H2,1H3,(H,13,15). The first-order chi connectivity index (χ1) is 7.70. The molecular weight excluding hydrogens is 206 g/mol. The first-order valence-corrected chi connectivity index (χ1v) is 5.36. The molecule has 4 nitrogen and oxygen atoms in total. The maximum Gasteiger partial charge on any atom is 0.255 e. The van der Waals surface area contributed by atoms with Crippen LogP contribution in [0.5, 0.6) is 11.5 Å². The van der Waals surface area contributed by atoms with Gasteiger partial charge in [-0.3, -0.25) is 4.79 Å². The summed E-state index contributed by atoms with van der Waals surface area (Å²) in [4.78, 5) is 11.7. The summed E-state index contributed by atoms with van der Waals surface area (Å²) in [6.45, 7) is 0.699. The van der Waals surface area contributed by atoms with Crippen LogP contribution in [0.3, 0.4) is 0 Å². The van der Waals surface area contributed by atoms with E-state index in [-0.39, 0.29) is 11.7 Å². The average molecular weight is 221 g/mol. The number of hydrogen-bond donors (Lipinski definition) is 2. The van der Waals surface area contributed by atoms with Gasteiger partial charge in [0.25, 0.3) is 5.91 Å². The fraction of sp³-hybridized carbons (Fsp3) is 0.417. The summed E-state index contributed by atoms with van der Waals surface area (Å²) in [6.07, 6.45) is 2.38. The molecule has 0 radical (unpaired) electrons. The monoisotopic (exact) mass is 221 g/mol. The molecule has 4 heteroatoms. The Morgan fingerprint density at radius 3 is 2.88 bits per heavy atom. The molecule has 1 aliphatic carbocycles. The van der Waals surface area contributed by atoms with Crippen molar-refractivity contribution in [3.63, 3.8) is 0 Å². The maximum absolute atomic E-state index is 11.7. The lowest BCUT2D eigenvalue weighted by Gasteiger charge is -2.07. The summed E-state index contributed by atoms with van der Waals surface area (Å²) < 4.78 is 4.95. The number of phenolic OH excluding ortho intramolecular Hbond substituents is 1. The smallest absolute Gasteiger partial charge is 0.255 e. The maximum atomic E-state index is 11.7. The van der Waals surface area contributed by atoms with E-state index in [1.54, 1.807) is 12.1 Å². The zero-order valence-electron chi connectivity index (χ0n) is 9.19. The normalized spacial score (nSPS) is 14.6. The molecule has 1 fully saturated rings. The predicted molar refractivity (Wildman–Crippen MR) is 59.7 cm³/mol. The van der Waals surface area contributed by atoms with Crippen molar-refractivity contribution in [3.05, 3.63) is 23.8 Å². The Balaban J connectivity index is 2.03. The third-order valence-electron chi connectivity index (χ3n) is 2.70. The SMILES string of the molecule is COc1ccc(C(=O)NCC2CC2)c(O)c1. The third kappa shape index (κ3) is 2.45. The van der Waals surface area contributed by atoms with E-state index in [9.17, 15) is 9.90 Å². The Bertz CT molecular complexity index is 399. The van der Waals surface area contributed by atoms with Crippen molar-refractivity contribution in [1.82, 2.24) is 5.32 Å². The van der Waals surface area contributed by atoms with E-state index in [4.69, 9.17) is 4.74 Å². The molecule has 2 N–H and O–H groups in total. The molecule has 0 unspecified atom stereocenters. The number of carbonyl (C=O) groups excluding carboxylic acids is 1. The second kappa shape index (κ2) is 4.43. The van der Waals surface area contributed by atoms with Gasteiger partial charge in [0.1, 0.15) is 11.5 Å². The Hall–Kier alpha value is -1.71. The zero-order chi connectivity index (χ0) is 11.5. The fourth-order valence-electron chi connectivity index (χ4n) is 1.48. The summed E-state index contributed by atoms with van der Waals surface area (Å²) in [5.41, 5.74) is 0.293. The van der Waals surface area contributed by atoms with Gasteiger partial charge in [-0.2, -0.15) is 0 Å². The molecule has 0 bridgehead atoms. The van der Waals surface area contributed by atoms with Crippen LogP contribution in [0.15, 0.2) is 18.2 Å². The molecule has 0 atom stereocenters. The van der Waals surface area contributed by atoms with Crippen LogP contribution in [-0.2, 0) is 0 Å². The van der Waals surface area contributed by atoms with Crippen molar-refractivity contribution in [3.8, 4) is 11.5 Å². The molecular formula is C12H15NO3. The fourth-order valence-corrected chi connectivity index (χ4v) is 1.48. The minimum Gasteiger partial charge on any atom is -0.507 e. The van der Waals surface area contributed by atoms with Crippen LogP contribution in [0, 0.1) is 5.92 Å². The van der Waals surface area contributed by atoms with Crippen molar-refractivity contribution in [2.45, 2.75) is 12.8 Å². The lowest BCUT2D eigenvalue weighted by atomic mass is 10.1. The molecule has 2 rings (SSSR count). The van der Waals surface area contributed by atoms with Gasteiger partial charge < -0.3 is 15.2 Å². The van der Waals surface area contributed by atoms with Gasteiger partial charge in [-0.15, -0.1) is 0 Å². The quantitative estimate of drug-likeness (QED) is 0.810. The average Bonchev–Trinajstić information content (AvgIpc) is 3.09. The zero-order valence-corrected chi connectivity index (χ0v) is 9.19. The molecule has 0 spiro atoms. The molecule has 0 aromatic heterocycles. The summed E-state index contributed by atoms with van der Waals surface area (Å²) in [5.74, 6) is 0.889. The van der Waals surface area contributed by atoms with Crippen molar-refractivity contribution < 1.29 is 14.6 Å². The number of nitrogens with one attached hydrogen (secondary N) is 1. The number of ether oxygens (including phenoxy) is 1. The van der Waals surface area contributed by atoms with Crippen molar-refractivity contribution >= 4 is 5.91 Å². The lowest BCUT2D eigenvalue weighted by molar-refractivity contribution is 0.0949. The number of amides is 1. The van der Waals surface area contributed by atoms with Crippen molar-refractivity contribution in [2.24, 2.45) is 5.92 Å². The van der Waals surface area contributed by atoms with Crippen LogP contribution >= 0.6 is 0 Å². The molecule has 1 aliphatic rings. The topological polar surface area (TPSA) is 58.6 Å². The second-order valence-electron chi connectivity index (χ2n) is 4.04. The molecule has 1 aromatic carbocycles. The number of aromatic hydroxyl groups is 1. The number of carbonyl (C=O) groups is 1. The molecule has 16 heavy (non-hydrogen) atoms. The van der Waals surface area contributed by atoms with E-state index in [1.807, 2.05) is 0 Å². The molecule has 0 saturated heterocycles.